The monoisotopic (exact) mass is 419 g/mol. The summed E-state index contributed by atoms with van der Waals surface area (Å²) in [7, 11) is 3.53. The summed E-state index contributed by atoms with van der Waals surface area (Å²) < 4.78 is 0. The van der Waals surface area contributed by atoms with Gasteiger partial charge in [0.05, 0.1) is 10.6 Å². The number of nitrogens with zero attached hydrogens (tertiary/aromatic N) is 3. The maximum absolute atomic E-state index is 12.8. The molecule has 0 radical (unpaired) electrons. The third-order valence-corrected chi connectivity index (χ3v) is 5.47. The molecule has 5 nitrogen and oxygen atoms in total. The van der Waals surface area contributed by atoms with Crippen LogP contribution in [0.1, 0.15) is 22.0 Å². The Balaban J connectivity index is 1.73. The van der Waals surface area contributed by atoms with Crippen molar-refractivity contribution in [2.45, 2.75) is 6.04 Å². The molecule has 2 aromatic carbocycles. The topological polar surface area (TPSA) is 43.9 Å². The molecule has 0 spiro atoms. The lowest BCUT2D eigenvalue weighted by Gasteiger charge is -2.39. The van der Waals surface area contributed by atoms with E-state index in [9.17, 15) is 9.59 Å². The van der Waals surface area contributed by atoms with E-state index < -0.39 is 0 Å². The molecule has 1 atom stereocenters. The fourth-order valence-corrected chi connectivity index (χ4v) is 3.90. The van der Waals surface area contributed by atoms with E-state index in [0.29, 0.717) is 41.8 Å². The van der Waals surface area contributed by atoms with Gasteiger partial charge >= 0.3 is 0 Å². The van der Waals surface area contributed by atoms with Crippen LogP contribution in [0, 0.1) is 0 Å². The van der Waals surface area contributed by atoms with Crippen LogP contribution in [0.25, 0.3) is 0 Å². The first kappa shape index (κ1) is 20.6. The van der Waals surface area contributed by atoms with Crippen molar-refractivity contribution in [2.24, 2.45) is 0 Å². The number of carbonyl (C=O) groups excluding carboxylic acids is 2. The molecular weight excluding hydrogens is 397 g/mol. The number of hydrogen-bond acceptors (Lipinski definition) is 3. The van der Waals surface area contributed by atoms with Crippen molar-refractivity contribution in [2.75, 3.05) is 40.3 Å². The van der Waals surface area contributed by atoms with Gasteiger partial charge in [0.2, 0.25) is 5.91 Å². The average molecular weight is 420 g/mol. The number of piperazine rings is 1. The Morgan fingerprint density at radius 3 is 2.18 bits per heavy atom. The molecule has 2 amide bonds. The molecule has 148 valence electrons. The van der Waals surface area contributed by atoms with Crippen LogP contribution in [0.4, 0.5) is 0 Å². The minimum atomic E-state index is -0.354. The smallest absolute Gasteiger partial charge is 0.255 e. The number of hydrogen-bond donors (Lipinski definition) is 0. The second-order valence-corrected chi connectivity index (χ2v) is 7.84. The van der Waals surface area contributed by atoms with E-state index in [-0.39, 0.29) is 17.9 Å². The summed E-state index contributed by atoms with van der Waals surface area (Å²) in [4.78, 5) is 31.2. The highest BCUT2D eigenvalue weighted by molar-refractivity contribution is 6.36. The lowest BCUT2D eigenvalue weighted by Crippen LogP contribution is -2.52. The van der Waals surface area contributed by atoms with E-state index in [1.54, 1.807) is 42.1 Å². The normalized spacial score (nSPS) is 15.9. The number of halogens is 2. The summed E-state index contributed by atoms with van der Waals surface area (Å²) in [6.07, 6.45) is 0. The van der Waals surface area contributed by atoms with Gasteiger partial charge in [0, 0.05) is 45.3 Å². The molecule has 1 fully saturated rings. The minimum Gasteiger partial charge on any atom is -0.347 e. The molecule has 0 saturated carbocycles. The first-order valence-corrected chi connectivity index (χ1v) is 9.88. The van der Waals surface area contributed by atoms with Crippen LogP contribution in [0.15, 0.2) is 48.5 Å². The fraction of sp³-hybridized carbons (Fsp3) is 0.333. The molecular formula is C21H23Cl2N3O2. The third-order valence-electron chi connectivity index (χ3n) is 4.92. The standard InChI is InChI=1S/C21H23Cl2N3O2/c1-24(2)21(28)19(15-6-4-3-5-7-15)25-10-12-26(13-11-25)20(27)17-9-8-16(22)14-18(17)23/h3-9,14,19H,10-13H2,1-2H3. The van der Waals surface area contributed by atoms with Gasteiger partial charge in [-0.15, -0.1) is 0 Å². The molecule has 1 aliphatic heterocycles. The minimum absolute atomic E-state index is 0.0340. The molecule has 2 aromatic rings. The Hall–Kier alpha value is -2.08. The first-order valence-electron chi connectivity index (χ1n) is 9.13. The van der Waals surface area contributed by atoms with E-state index in [1.165, 1.54) is 0 Å². The van der Waals surface area contributed by atoms with Gasteiger partial charge in [-0.25, -0.2) is 0 Å². The van der Waals surface area contributed by atoms with Crippen molar-refractivity contribution < 1.29 is 9.59 Å². The van der Waals surface area contributed by atoms with Gasteiger partial charge in [0.1, 0.15) is 6.04 Å². The van der Waals surface area contributed by atoms with Crippen LogP contribution in [0.2, 0.25) is 10.0 Å². The van der Waals surface area contributed by atoms with Crippen LogP contribution in [0.3, 0.4) is 0 Å². The van der Waals surface area contributed by atoms with E-state index in [2.05, 4.69) is 4.90 Å². The molecule has 0 N–H and O–H groups in total. The van der Waals surface area contributed by atoms with Crippen molar-refractivity contribution in [1.29, 1.82) is 0 Å². The SMILES string of the molecule is CN(C)C(=O)C(c1ccccc1)N1CCN(C(=O)c2ccc(Cl)cc2Cl)CC1. The second-order valence-electron chi connectivity index (χ2n) is 7.00. The third kappa shape index (κ3) is 4.49. The van der Waals surface area contributed by atoms with Gasteiger partial charge < -0.3 is 9.80 Å². The zero-order valence-electron chi connectivity index (χ0n) is 15.9. The molecule has 1 heterocycles. The van der Waals surface area contributed by atoms with Crippen LogP contribution in [-0.4, -0.2) is 66.8 Å². The van der Waals surface area contributed by atoms with Gasteiger partial charge in [0.15, 0.2) is 0 Å². The summed E-state index contributed by atoms with van der Waals surface area (Å²) >= 11 is 12.1. The number of carbonyl (C=O) groups is 2. The number of rotatable bonds is 4. The highest BCUT2D eigenvalue weighted by Crippen LogP contribution is 2.26. The molecule has 0 bridgehead atoms. The zero-order valence-corrected chi connectivity index (χ0v) is 17.5. The summed E-state index contributed by atoms with van der Waals surface area (Å²) in [5, 5.41) is 0.851. The van der Waals surface area contributed by atoms with E-state index >= 15 is 0 Å². The fourth-order valence-electron chi connectivity index (χ4n) is 3.41. The van der Waals surface area contributed by atoms with E-state index in [4.69, 9.17) is 23.2 Å². The van der Waals surface area contributed by atoms with Crippen LogP contribution in [0.5, 0.6) is 0 Å². The van der Waals surface area contributed by atoms with Gasteiger partial charge in [0.25, 0.3) is 5.91 Å². The predicted molar refractivity (Wildman–Crippen MR) is 112 cm³/mol. The Morgan fingerprint density at radius 2 is 1.61 bits per heavy atom. The van der Waals surface area contributed by atoms with Crippen LogP contribution in [-0.2, 0) is 4.79 Å². The zero-order chi connectivity index (χ0) is 20.3. The van der Waals surface area contributed by atoms with Gasteiger partial charge in [-0.05, 0) is 23.8 Å². The Kier molecular flexibility index (Phi) is 6.60. The highest BCUT2D eigenvalue weighted by atomic mass is 35.5. The Bertz CT molecular complexity index is 850. The van der Waals surface area contributed by atoms with Gasteiger partial charge in [-0.2, -0.15) is 0 Å². The highest BCUT2D eigenvalue weighted by Gasteiger charge is 2.32. The van der Waals surface area contributed by atoms with Gasteiger partial charge in [-0.3, -0.25) is 14.5 Å². The van der Waals surface area contributed by atoms with E-state index in [0.717, 1.165) is 5.56 Å². The molecule has 28 heavy (non-hydrogen) atoms. The van der Waals surface area contributed by atoms with Crippen molar-refractivity contribution >= 4 is 35.0 Å². The lowest BCUT2D eigenvalue weighted by atomic mass is 10.0. The van der Waals surface area contributed by atoms with Crippen molar-refractivity contribution in [3.63, 3.8) is 0 Å². The maximum Gasteiger partial charge on any atom is 0.255 e. The Labute approximate surface area is 175 Å². The van der Waals surface area contributed by atoms with E-state index in [1.807, 2.05) is 30.3 Å². The maximum atomic E-state index is 12.8. The molecule has 1 aliphatic rings. The van der Waals surface area contributed by atoms with Crippen molar-refractivity contribution in [3.05, 3.63) is 69.7 Å². The molecule has 1 saturated heterocycles. The molecule has 1 unspecified atom stereocenters. The molecule has 3 rings (SSSR count). The summed E-state index contributed by atoms with van der Waals surface area (Å²) in [6, 6.07) is 14.3. The number of likely N-dealkylation sites (N-methyl/N-ethyl adjacent to an activating group) is 1. The van der Waals surface area contributed by atoms with Gasteiger partial charge in [-0.1, -0.05) is 53.5 Å². The van der Waals surface area contributed by atoms with Crippen molar-refractivity contribution in [3.8, 4) is 0 Å². The van der Waals surface area contributed by atoms with Crippen LogP contribution >= 0.6 is 23.2 Å². The average Bonchev–Trinajstić information content (AvgIpc) is 2.69. The Morgan fingerprint density at radius 1 is 0.964 bits per heavy atom. The summed E-state index contributed by atoms with van der Waals surface area (Å²) in [6.45, 7) is 2.27. The van der Waals surface area contributed by atoms with Crippen molar-refractivity contribution in [1.82, 2.24) is 14.7 Å². The lowest BCUT2D eigenvalue weighted by molar-refractivity contribution is -0.135. The number of benzene rings is 2. The van der Waals surface area contributed by atoms with Crippen LogP contribution < -0.4 is 0 Å². The summed E-state index contributed by atoms with van der Waals surface area (Å²) in [5.74, 6) is -0.0803. The summed E-state index contributed by atoms with van der Waals surface area (Å²) in [5.41, 5.74) is 1.41. The molecule has 7 heteroatoms. The first-order chi connectivity index (χ1) is 13.4. The second kappa shape index (κ2) is 8.95. The largest absolute Gasteiger partial charge is 0.347 e. The number of amides is 2. The molecule has 0 aromatic heterocycles. The predicted octanol–water partition coefficient (Wildman–Crippen LogP) is 3.58. The quantitative estimate of drug-likeness (QED) is 0.760. The molecule has 0 aliphatic carbocycles.